The third-order valence-electron chi connectivity index (χ3n) is 11.8. The van der Waals surface area contributed by atoms with Crippen LogP contribution in [0.15, 0.2) is 0 Å². The minimum absolute atomic E-state index is 0.0890. The van der Waals surface area contributed by atoms with Crippen molar-refractivity contribution in [3.63, 3.8) is 0 Å². The van der Waals surface area contributed by atoms with E-state index in [1.54, 1.807) is 0 Å². The van der Waals surface area contributed by atoms with E-state index in [1.165, 1.54) is 6.42 Å². The maximum Gasteiger partial charge on any atom is 0.230 e. The summed E-state index contributed by atoms with van der Waals surface area (Å²) in [6.07, 6.45) is 12.0. The second-order valence-corrected chi connectivity index (χ2v) is 17.5. The molecule has 2 aliphatic rings. The number of rotatable bonds is 19. The maximum atomic E-state index is 5.48. The van der Waals surface area contributed by atoms with Crippen molar-refractivity contribution >= 4 is 11.9 Å². The topological polar surface area (TPSA) is 75.7 Å². The summed E-state index contributed by atoms with van der Waals surface area (Å²) < 4.78 is 0. The highest BCUT2D eigenvalue weighted by Gasteiger charge is 2.47. The minimum atomic E-state index is 0.0890. The smallest absolute Gasteiger partial charge is 0.230 e. The van der Waals surface area contributed by atoms with Crippen LogP contribution in [0.25, 0.3) is 0 Å². The molecule has 2 N–H and O–H groups in total. The molecule has 2 fully saturated rings. The van der Waals surface area contributed by atoms with E-state index in [-0.39, 0.29) is 22.2 Å². The second-order valence-electron chi connectivity index (χ2n) is 17.5. The third-order valence-corrected chi connectivity index (χ3v) is 11.8. The van der Waals surface area contributed by atoms with Crippen molar-refractivity contribution < 1.29 is 0 Å². The first-order chi connectivity index (χ1) is 22.5. The molecular formula is C39H77N9. The Balaban J connectivity index is 2.03. The fourth-order valence-electron chi connectivity index (χ4n) is 8.37. The maximum absolute atomic E-state index is 5.48. The van der Waals surface area contributed by atoms with Crippen molar-refractivity contribution in [1.82, 2.24) is 35.4 Å². The molecule has 1 aromatic rings. The van der Waals surface area contributed by atoms with Crippen LogP contribution in [0.4, 0.5) is 11.9 Å². The highest BCUT2D eigenvalue weighted by molar-refractivity contribution is 5.42. The minimum Gasteiger partial charge on any atom is -0.338 e. The molecule has 0 aliphatic carbocycles. The van der Waals surface area contributed by atoms with Crippen LogP contribution in [0.2, 0.25) is 0 Å². The average molecular weight is 672 g/mol. The number of anilines is 2. The fourth-order valence-corrected chi connectivity index (χ4v) is 8.37. The zero-order valence-corrected chi connectivity index (χ0v) is 33.8. The Hall–Kier alpha value is -1.55. The van der Waals surface area contributed by atoms with E-state index in [0.717, 1.165) is 121 Å². The molecule has 2 saturated heterocycles. The first kappa shape index (κ1) is 40.9. The fraction of sp³-hybridized carbons (Fsp3) is 0.923. The Morgan fingerprint density at radius 1 is 0.562 bits per heavy atom. The lowest BCUT2D eigenvalue weighted by molar-refractivity contribution is -0.0130. The van der Waals surface area contributed by atoms with Crippen molar-refractivity contribution in [2.45, 2.75) is 181 Å². The first-order valence-electron chi connectivity index (χ1n) is 19.7. The molecule has 9 heteroatoms. The number of piperidine rings is 2. The van der Waals surface area contributed by atoms with Crippen molar-refractivity contribution in [1.29, 1.82) is 0 Å². The highest BCUT2D eigenvalue weighted by atomic mass is 15.4. The van der Waals surface area contributed by atoms with E-state index >= 15 is 0 Å². The van der Waals surface area contributed by atoms with Crippen molar-refractivity contribution in [2.24, 2.45) is 0 Å². The summed E-state index contributed by atoms with van der Waals surface area (Å²) >= 11 is 0. The summed E-state index contributed by atoms with van der Waals surface area (Å²) in [6, 6.07) is 0.756. The number of hydrogen-bond acceptors (Lipinski definition) is 9. The van der Waals surface area contributed by atoms with Gasteiger partial charge in [-0.2, -0.15) is 15.0 Å². The summed E-state index contributed by atoms with van der Waals surface area (Å²) in [4.78, 5) is 26.5. The Labute approximate surface area is 296 Å². The zero-order valence-electron chi connectivity index (χ0n) is 33.8. The van der Waals surface area contributed by atoms with Gasteiger partial charge in [0.05, 0.1) is 0 Å². The number of nitrogens with one attached hydrogen (secondary N) is 2. The molecular weight excluding hydrogens is 594 g/mol. The van der Waals surface area contributed by atoms with Gasteiger partial charge in [-0.05, 0) is 134 Å². The summed E-state index contributed by atoms with van der Waals surface area (Å²) in [5.41, 5.74) is 0.356. The van der Waals surface area contributed by atoms with Gasteiger partial charge in [0, 0.05) is 66.8 Å². The molecule has 278 valence electrons. The molecule has 0 radical (unpaired) electrons. The molecule has 0 aromatic carbocycles. The number of likely N-dealkylation sites (tertiary alicyclic amines) is 2. The van der Waals surface area contributed by atoms with Gasteiger partial charge in [-0.15, -0.1) is 0 Å². The summed E-state index contributed by atoms with van der Waals surface area (Å²) in [5, 5.41) is 7.12. The SMILES string of the molecule is CCCCN(c1nc(CCCNCCNCCC)nc(N(CCCC)C2CC(C)(C)N(C)C(C)(C)C2)n1)C1CC(C)(C)N(C)C(C)(C)C1. The number of nitrogens with zero attached hydrogens (tertiary/aromatic N) is 7. The highest BCUT2D eigenvalue weighted by Crippen LogP contribution is 2.42. The first-order valence-corrected chi connectivity index (χ1v) is 19.7. The lowest BCUT2D eigenvalue weighted by Crippen LogP contribution is -2.63. The molecule has 0 unspecified atom stereocenters. The van der Waals surface area contributed by atoms with Gasteiger partial charge in [0.15, 0.2) is 0 Å². The monoisotopic (exact) mass is 672 g/mol. The molecule has 0 bridgehead atoms. The average Bonchev–Trinajstić information content (AvgIpc) is 3.00. The zero-order chi connectivity index (χ0) is 35.8. The van der Waals surface area contributed by atoms with Crippen LogP contribution in [0.1, 0.15) is 146 Å². The summed E-state index contributed by atoms with van der Waals surface area (Å²) in [7, 11) is 4.60. The Morgan fingerprint density at radius 2 is 0.958 bits per heavy atom. The Bertz CT molecular complexity index is 993. The van der Waals surface area contributed by atoms with Gasteiger partial charge in [0.2, 0.25) is 11.9 Å². The van der Waals surface area contributed by atoms with Crippen molar-refractivity contribution in [2.75, 3.05) is 63.2 Å². The van der Waals surface area contributed by atoms with E-state index in [9.17, 15) is 0 Å². The Kier molecular flexibility index (Phi) is 15.0. The van der Waals surface area contributed by atoms with Crippen molar-refractivity contribution in [3.05, 3.63) is 5.82 Å². The van der Waals surface area contributed by atoms with E-state index in [1.807, 2.05) is 0 Å². The molecule has 1 aromatic heterocycles. The normalized spacial score (nSPS) is 21.4. The summed E-state index contributed by atoms with van der Waals surface area (Å²) in [6.45, 7) is 32.1. The van der Waals surface area contributed by atoms with Gasteiger partial charge < -0.3 is 20.4 Å². The molecule has 9 nitrogen and oxygen atoms in total. The lowest BCUT2D eigenvalue weighted by atomic mass is 9.77. The van der Waals surface area contributed by atoms with Gasteiger partial charge in [-0.25, -0.2) is 0 Å². The molecule has 48 heavy (non-hydrogen) atoms. The lowest BCUT2D eigenvalue weighted by Gasteiger charge is -2.56. The third kappa shape index (κ3) is 10.7. The number of aromatic nitrogens is 3. The van der Waals surface area contributed by atoms with Crippen LogP contribution in [0.3, 0.4) is 0 Å². The van der Waals surface area contributed by atoms with Crippen LogP contribution >= 0.6 is 0 Å². The molecule has 2 aliphatic heterocycles. The van der Waals surface area contributed by atoms with Gasteiger partial charge in [-0.1, -0.05) is 33.6 Å². The van der Waals surface area contributed by atoms with Crippen LogP contribution in [0.5, 0.6) is 0 Å². The van der Waals surface area contributed by atoms with Crippen molar-refractivity contribution in [3.8, 4) is 0 Å². The van der Waals surface area contributed by atoms with E-state index < -0.39 is 0 Å². The molecule has 0 atom stereocenters. The predicted molar refractivity (Wildman–Crippen MR) is 207 cm³/mol. The second kappa shape index (κ2) is 17.6. The van der Waals surface area contributed by atoms with E-state index in [0.29, 0.717) is 12.1 Å². The van der Waals surface area contributed by atoms with Gasteiger partial charge >= 0.3 is 0 Å². The number of aryl methyl sites for hydroxylation is 1. The van der Waals surface area contributed by atoms with Gasteiger partial charge in [-0.3, -0.25) is 9.80 Å². The molecule has 3 heterocycles. The van der Waals surface area contributed by atoms with Crippen LogP contribution < -0.4 is 20.4 Å². The summed E-state index contributed by atoms with van der Waals surface area (Å²) in [5.74, 6) is 2.74. The van der Waals surface area contributed by atoms with Gasteiger partial charge in [0.25, 0.3) is 0 Å². The van der Waals surface area contributed by atoms with Crippen LogP contribution in [-0.4, -0.2) is 112 Å². The predicted octanol–water partition coefficient (Wildman–Crippen LogP) is 6.91. The van der Waals surface area contributed by atoms with Crippen LogP contribution in [-0.2, 0) is 6.42 Å². The quantitative estimate of drug-likeness (QED) is 0.153. The Morgan fingerprint density at radius 3 is 1.33 bits per heavy atom. The standard InChI is InChI=1S/C39H77N9/c1-14-17-25-47(31-27-36(4,5)45(12)37(6,7)28-31)34-42-33(20-19-22-41-24-23-40-21-16-3)43-35(44-34)48(26-18-15-2)32-29-38(8,9)46(13)39(10,11)30-32/h31-32,40-41H,14-30H2,1-13H3. The van der Waals surface area contributed by atoms with E-state index in [4.69, 9.17) is 15.0 Å². The molecule has 0 amide bonds. The molecule has 3 rings (SSSR count). The number of hydrogen-bond donors (Lipinski definition) is 2. The molecule has 0 spiro atoms. The van der Waals surface area contributed by atoms with Gasteiger partial charge in [0.1, 0.15) is 5.82 Å². The number of unbranched alkanes of at least 4 members (excludes halogenated alkanes) is 2. The largest absolute Gasteiger partial charge is 0.338 e. The molecule has 0 saturated carbocycles. The van der Waals surface area contributed by atoms with E-state index in [2.05, 4.69) is 120 Å². The van der Waals surface area contributed by atoms with Crippen LogP contribution in [0, 0.1) is 0 Å².